The molecular formula is C18H21ClN4O5S2. The van der Waals surface area contributed by atoms with Crippen molar-refractivity contribution < 1.29 is 22.7 Å². The van der Waals surface area contributed by atoms with Gasteiger partial charge in [-0.05, 0) is 31.2 Å². The Morgan fingerprint density at radius 3 is 2.70 bits per heavy atom. The minimum absolute atomic E-state index is 0.0904. The van der Waals surface area contributed by atoms with E-state index < -0.39 is 20.9 Å². The van der Waals surface area contributed by atoms with E-state index in [-0.39, 0.29) is 16.6 Å². The molecule has 9 nitrogen and oxygen atoms in total. The number of fused-ring (bicyclic) bond motifs is 1. The van der Waals surface area contributed by atoms with E-state index in [9.17, 15) is 18.0 Å². The lowest BCUT2D eigenvalue weighted by atomic mass is 9.95. The Labute approximate surface area is 183 Å². The van der Waals surface area contributed by atoms with Crippen molar-refractivity contribution in [2.75, 3.05) is 31.8 Å². The summed E-state index contributed by atoms with van der Waals surface area (Å²) in [7, 11) is -2.18. The minimum Gasteiger partial charge on any atom is -0.383 e. The summed E-state index contributed by atoms with van der Waals surface area (Å²) in [4.78, 5) is 34.1. The predicted octanol–water partition coefficient (Wildman–Crippen LogP) is 2.10. The fraction of sp³-hybridized carbons (Fsp3) is 0.444. The molecule has 0 spiro atoms. The molecule has 0 saturated heterocycles. The summed E-state index contributed by atoms with van der Waals surface area (Å²) in [5.74, 6) is -1.01. The standard InChI is InChI=1S/C18H21ClN4O5S2/c1-28-8-7-20-15(24)13-10-5-3-4-6-12(10)29-17(13)23-16(25)14-11(19)9-21-18(22-14)30(2,26)27/h9H,3-8H2,1-2H3,(H,20,24)(H,23,25). The third-order valence-electron chi connectivity index (χ3n) is 4.49. The number of aryl methyl sites for hydroxylation is 1. The molecule has 0 aromatic carbocycles. The van der Waals surface area contributed by atoms with Crippen molar-refractivity contribution in [3.8, 4) is 0 Å². The van der Waals surface area contributed by atoms with Crippen LogP contribution in [-0.2, 0) is 27.4 Å². The van der Waals surface area contributed by atoms with Gasteiger partial charge >= 0.3 is 0 Å². The average Bonchev–Trinajstić information content (AvgIpc) is 3.05. The Morgan fingerprint density at radius 2 is 2.00 bits per heavy atom. The Hall–Kier alpha value is -2.08. The maximum absolute atomic E-state index is 12.8. The van der Waals surface area contributed by atoms with E-state index in [1.165, 1.54) is 11.3 Å². The Balaban J connectivity index is 1.94. The van der Waals surface area contributed by atoms with Crippen LogP contribution in [0.3, 0.4) is 0 Å². The van der Waals surface area contributed by atoms with E-state index >= 15 is 0 Å². The molecule has 3 rings (SSSR count). The van der Waals surface area contributed by atoms with Gasteiger partial charge in [0.1, 0.15) is 5.00 Å². The van der Waals surface area contributed by atoms with Crippen LogP contribution in [-0.4, -0.2) is 56.7 Å². The summed E-state index contributed by atoms with van der Waals surface area (Å²) in [6.07, 6.45) is 5.57. The van der Waals surface area contributed by atoms with Crippen LogP contribution >= 0.6 is 22.9 Å². The average molecular weight is 473 g/mol. The minimum atomic E-state index is -3.72. The molecule has 1 aliphatic rings. The van der Waals surface area contributed by atoms with Gasteiger partial charge in [-0.1, -0.05) is 11.6 Å². The molecule has 0 aliphatic heterocycles. The number of halogens is 1. The van der Waals surface area contributed by atoms with Crippen LogP contribution in [0.25, 0.3) is 0 Å². The molecule has 2 amide bonds. The van der Waals surface area contributed by atoms with Crippen LogP contribution in [0.15, 0.2) is 11.4 Å². The number of anilines is 1. The first-order valence-corrected chi connectivity index (χ1v) is 12.3. The van der Waals surface area contributed by atoms with E-state index in [0.29, 0.717) is 23.7 Å². The molecule has 0 atom stereocenters. The summed E-state index contributed by atoms with van der Waals surface area (Å²) < 4.78 is 28.4. The number of carbonyl (C=O) groups excluding carboxylic acids is 2. The first-order valence-electron chi connectivity index (χ1n) is 9.18. The van der Waals surface area contributed by atoms with Crippen LogP contribution in [0.1, 0.15) is 44.1 Å². The molecule has 30 heavy (non-hydrogen) atoms. The topological polar surface area (TPSA) is 127 Å². The number of hydrogen-bond donors (Lipinski definition) is 2. The van der Waals surface area contributed by atoms with E-state index in [0.717, 1.165) is 48.6 Å². The van der Waals surface area contributed by atoms with Crippen molar-refractivity contribution >= 4 is 49.6 Å². The number of sulfone groups is 1. The highest BCUT2D eigenvalue weighted by atomic mass is 35.5. The quantitative estimate of drug-likeness (QED) is 0.466. The van der Waals surface area contributed by atoms with E-state index in [4.69, 9.17) is 16.3 Å². The molecule has 0 radical (unpaired) electrons. The first-order chi connectivity index (χ1) is 14.2. The third kappa shape index (κ3) is 4.97. The van der Waals surface area contributed by atoms with Gasteiger partial charge in [0, 0.05) is 24.8 Å². The third-order valence-corrected chi connectivity index (χ3v) is 6.83. The van der Waals surface area contributed by atoms with Gasteiger partial charge in [-0.2, -0.15) is 0 Å². The highest BCUT2D eigenvalue weighted by Gasteiger charge is 2.27. The molecule has 162 valence electrons. The van der Waals surface area contributed by atoms with Crippen LogP contribution < -0.4 is 10.6 Å². The van der Waals surface area contributed by atoms with E-state index in [2.05, 4.69) is 20.6 Å². The van der Waals surface area contributed by atoms with Gasteiger partial charge < -0.3 is 15.4 Å². The SMILES string of the molecule is COCCNC(=O)c1c(NC(=O)c2nc(S(C)(=O)=O)ncc2Cl)sc2c1CCCC2. The highest BCUT2D eigenvalue weighted by Crippen LogP contribution is 2.38. The number of aromatic nitrogens is 2. The molecule has 12 heteroatoms. The second kappa shape index (κ2) is 9.38. The molecule has 1 aliphatic carbocycles. The number of ether oxygens (including phenoxy) is 1. The maximum Gasteiger partial charge on any atom is 0.276 e. The van der Waals surface area contributed by atoms with Crippen LogP contribution in [0.4, 0.5) is 5.00 Å². The van der Waals surface area contributed by atoms with Gasteiger partial charge in [0.2, 0.25) is 15.0 Å². The number of thiophene rings is 1. The van der Waals surface area contributed by atoms with Crippen LogP contribution in [0, 0.1) is 0 Å². The molecule has 0 bridgehead atoms. The largest absolute Gasteiger partial charge is 0.383 e. The molecule has 0 saturated carbocycles. The van der Waals surface area contributed by atoms with Gasteiger partial charge in [0.05, 0.1) is 23.4 Å². The van der Waals surface area contributed by atoms with Crippen molar-refractivity contribution in [1.82, 2.24) is 15.3 Å². The zero-order chi connectivity index (χ0) is 21.9. The maximum atomic E-state index is 12.8. The van der Waals surface area contributed by atoms with Crippen LogP contribution in [0.2, 0.25) is 5.02 Å². The lowest BCUT2D eigenvalue weighted by molar-refractivity contribution is 0.0937. The summed E-state index contributed by atoms with van der Waals surface area (Å²) in [5.41, 5.74) is 1.08. The van der Waals surface area contributed by atoms with Gasteiger partial charge in [-0.25, -0.2) is 18.4 Å². The molecule has 2 aromatic rings. The first kappa shape index (κ1) is 22.6. The Kier molecular flexibility index (Phi) is 7.06. The Bertz CT molecular complexity index is 1080. The van der Waals surface area contributed by atoms with E-state index in [1.807, 2.05) is 0 Å². The lowest BCUT2D eigenvalue weighted by Gasteiger charge is -2.13. The van der Waals surface area contributed by atoms with Crippen molar-refractivity contribution in [1.29, 1.82) is 0 Å². The summed E-state index contributed by atoms with van der Waals surface area (Å²) in [5, 5.41) is 5.28. The molecule has 2 heterocycles. The zero-order valence-electron chi connectivity index (χ0n) is 16.5. The van der Waals surface area contributed by atoms with Crippen LogP contribution in [0.5, 0.6) is 0 Å². The van der Waals surface area contributed by atoms with Crippen molar-refractivity contribution in [3.05, 3.63) is 32.9 Å². The molecular weight excluding hydrogens is 452 g/mol. The molecule has 0 fully saturated rings. The Morgan fingerprint density at radius 1 is 1.27 bits per heavy atom. The van der Waals surface area contributed by atoms with Gasteiger partial charge in [0.25, 0.3) is 11.8 Å². The smallest absolute Gasteiger partial charge is 0.276 e. The van der Waals surface area contributed by atoms with Crippen molar-refractivity contribution in [2.24, 2.45) is 0 Å². The summed E-state index contributed by atoms with van der Waals surface area (Å²) >= 11 is 7.36. The van der Waals surface area contributed by atoms with E-state index in [1.54, 1.807) is 7.11 Å². The number of amides is 2. The zero-order valence-corrected chi connectivity index (χ0v) is 18.8. The highest BCUT2D eigenvalue weighted by molar-refractivity contribution is 7.90. The van der Waals surface area contributed by atoms with Crippen molar-refractivity contribution in [2.45, 2.75) is 30.8 Å². The normalized spacial score (nSPS) is 13.6. The second-order valence-corrected chi connectivity index (χ2v) is 10.2. The number of methoxy groups -OCH3 is 1. The number of hydrogen-bond acceptors (Lipinski definition) is 8. The second-order valence-electron chi connectivity index (χ2n) is 6.74. The molecule has 0 unspecified atom stereocenters. The summed E-state index contributed by atoms with van der Waals surface area (Å²) in [6.45, 7) is 0.702. The number of carbonyl (C=O) groups is 2. The fourth-order valence-electron chi connectivity index (χ4n) is 3.10. The number of nitrogens with one attached hydrogen (secondary N) is 2. The lowest BCUT2D eigenvalue weighted by Crippen LogP contribution is -2.29. The van der Waals surface area contributed by atoms with Crippen molar-refractivity contribution in [3.63, 3.8) is 0 Å². The molecule has 2 N–H and O–H groups in total. The van der Waals surface area contributed by atoms with Gasteiger partial charge in [-0.15, -0.1) is 11.3 Å². The van der Waals surface area contributed by atoms with Gasteiger partial charge in [-0.3, -0.25) is 9.59 Å². The monoisotopic (exact) mass is 472 g/mol. The number of nitrogens with zero attached hydrogens (tertiary/aromatic N) is 2. The van der Waals surface area contributed by atoms with Gasteiger partial charge in [0.15, 0.2) is 5.69 Å². The predicted molar refractivity (Wildman–Crippen MR) is 113 cm³/mol. The molecule has 2 aromatic heterocycles. The fourth-order valence-corrected chi connectivity index (χ4v) is 5.06. The summed E-state index contributed by atoms with van der Waals surface area (Å²) in [6, 6.07) is 0. The number of rotatable bonds is 7.